The Hall–Kier alpha value is -1.60. The molecule has 1 fully saturated rings. The molecule has 1 unspecified atom stereocenters. The lowest BCUT2D eigenvalue weighted by atomic mass is 9.98. The lowest BCUT2D eigenvalue weighted by Crippen LogP contribution is -2.39. The zero-order valence-electron chi connectivity index (χ0n) is 10.2. The third kappa shape index (κ3) is 2.75. The number of nitrogens with one attached hydrogen (secondary N) is 1. The minimum absolute atomic E-state index is 0.655. The summed E-state index contributed by atoms with van der Waals surface area (Å²) in [5, 5.41) is 12.3. The number of aromatic nitrogens is 1. The molecule has 0 amide bonds. The van der Waals surface area contributed by atoms with Crippen molar-refractivity contribution in [3.8, 4) is 6.07 Å². The molecule has 0 aliphatic carbocycles. The fraction of sp³-hybridized carbons (Fsp3) is 0.538. The van der Waals surface area contributed by atoms with Crippen LogP contribution in [0, 0.1) is 17.2 Å². The van der Waals surface area contributed by atoms with Crippen LogP contribution in [-0.4, -0.2) is 31.7 Å². The molecule has 0 saturated carbocycles. The number of pyridine rings is 1. The smallest absolute Gasteiger partial charge is 0.146 e. The van der Waals surface area contributed by atoms with E-state index in [4.69, 9.17) is 5.26 Å². The Balaban J connectivity index is 2.14. The molecule has 1 N–H and O–H groups in total. The molecular formula is C13H18N4. The van der Waals surface area contributed by atoms with E-state index >= 15 is 0 Å². The van der Waals surface area contributed by atoms with Gasteiger partial charge in [-0.1, -0.05) is 0 Å². The number of hydrogen-bond donors (Lipinski definition) is 1. The van der Waals surface area contributed by atoms with E-state index in [1.165, 1.54) is 12.8 Å². The topological polar surface area (TPSA) is 52.0 Å². The lowest BCUT2D eigenvalue weighted by molar-refractivity contribution is 0.401. The van der Waals surface area contributed by atoms with Gasteiger partial charge in [0.2, 0.25) is 0 Å². The summed E-state index contributed by atoms with van der Waals surface area (Å²) in [6.07, 6.45) is 4.19. The molecule has 1 aromatic heterocycles. The van der Waals surface area contributed by atoms with Gasteiger partial charge >= 0.3 is 0 Å². The molecule has 0 spiro atoms. The first-order chi connectivity index (χ1) is 8.35. The van der Waals surface area contributed by atoms with Crippen LogP contribution in [0.3, 0.4) is 0 Å². The standard InChI is InChI=1S/C13H18N4/c1-15-9-11-4-3-7-17(10-11)13-12(8-14)5-2-6-16-13/h2,5-6,11,15H,3-4,7,9-10H2,1H3. The summed E-state index contributed by atoms with van der Waals surface area (Å²) in [4.78, 5) is 6.59. The highest BCUT2D eigenvalue weighted by molar-refractivity contribution is 5.53. The van der Waals surface area contributed by atoms with E-state index in [9.17, 15) is 0 Å². The summed E-state index contributed by atoms with van der Waals surface area (Å²) in [5.74, 6) is 1.50. The van der Waals surface area contributed by atoms with Crippen LogP contribution in [0.4, 0.5) is 5.82 Å². The van der Waals surface area contributed by atoms with E-state index in [0.717, 1.165) is 25.5 Å². The van der Waals surface area contributed by atoms with Crippen molar-refractivity contribution in [1.29, 1.82) is 5.26 Å². The van der Waals surface area contributed by atoms with Gasteiger partial charge in [-0.2, -0.15) is 5.26 Å². The van der Waals surface area contributed by atoms with Crippen molar-refractivity contribution >= 4 is 5.82 Å². The zero-order chi connectivity index (χ0) is 12.1. The van der Waals surface area contributed by atoms with Crippen molar-refractivity contribution in [2.75, 3.05) is 31.6 Å². The molecule has 1 aliphatic heterocycles. The second-order valence-electron chi connectivity index (χ2n) is 4.50. The van der Waals surface area contributed by atoms with Crippen LogP contribution in [-0.2, 0) is 0 Å². The Kier molecular flexibility index (Phi) is 3.94. The van der Waals surface area contributed by atoms with Gasteiger partial charge in [0, 0.05) is 19.3 Å². The largest absolute Gasteiger partial charge is 0.355 e. The Bertz CT molecular complexity index is 408. The summed E-state index contributed by atoms with van der Waals surface area (Å²) in [6.45, 7) is 3.03. The molecule has 90 valence electrons. The Morgan fingerprint density at radius 2 is 2.53 bits per heavy atom. The van der Waals surface area contributed by atoms with Crippen LogP contribution in [0.25, 0.3) is 0 Å². The van der Waals surface area contributed by atoms with Crippen LogP contribution in [0.2, 0.25) is 0 Å². The van der Waals surface area contributed by atoms with Gasteiger partial charge in [0.1, 0.15) is 11.9 Å². The number of hydrogen-bond acceptors (Lipinski definition) is 4. The normalized spacial score (nSPS) is 20.0. The number of rotatable bonds is 3. The Labute approximate surface area is 102 Å². The Morgan fingerprint density at radius 1 is 1.65 bits per heavy atom. The fourth-order valence-corrected chi connectivity index (χ4v) is 2.45. The van der Waals surface area contributed by atoms with Gasteiger partial charge < -0.3 is 10.2 Å². The van der Waals surface area contributed by atoms with Crippen LogP contribution in [0.1, 0.15) is 18.4 Å². The van der Waals surface area contributed by atoms with E-state index in [1.54, 1.807) is 6.20 Å². The molecule has 17 heavy (non-hydrogen) atoms. The molecule has 0 bridgehead atoms. The molecule has 2 heterocycles. The van der Waals surface area contributed by atoms with Gasteiger partial charge in [0.25, 0.3) is 0 Å². The molecule has 1 aromatic rings. The van der Waals surface area contributed by atoms with Gasteiger partial charge in [0.15, 0.2) is 0 Å². The maximum absolute atomic E-state index is 9.09. The van der Waals surface area contributed by atoms with E-state index in [1.807, 2.05) is 19.2 Å². The van der Waals surface area contributed by atoms with Gasteiger partial charge in [-0.3, -0.25) is 0 Å². The third-order valence-corrected chi connectivity index (χ3v) is 3.22. The van der Waals surface area contributed by atoms with E-state index < -0.39 is 0 Å². The fourth-order valence-electron chi connectivity index (χ4n) is 2.45. The van der Waals surface area contributed by atoms with Crippen molar-refractivity contribution < 1.29 is 0 Å². The lowest BCUT2D eigenvalue weighted by Gasteiger charge is -2.33. The van der Waals surface area contributed by atoms with Crippen molar-refractivity contribution in [1.82, 2.24) is 10.3 Å². The highest BCUT2D eigenvalue weighted by Gasteiger charge is 2.21. The third-order valence-electron chi connectivity index (χ3n) is 3.22. The molecule has 0 aromatic carbocycles. The monoisotopic (exact) mass is 230 g/mol. The first-order valence-electron chi connectivity index (χ1n) is 6.10. The van der Waals surface area contributed by atoms with Gasteiger partial charge in [-0.05, 0) is 44.5 Å². The van der Waals surface area contributed by atoms with Crippen LogP contribution in [0.15, 0.2) is 18.3 Å². The summed E-state index contributed by atoms with van der Waals surface area (Å²) >= 11 is 0. The number of piperidine rings is 1. The first-order valence-corrected chi connectivity index (χ1v) is 6.10. The van der Waals surface area contributed by atoms with Crippen LogP contribution in [0.5, 0.6) is 0 Å². The average molecular weight is 230 g/mol. The molecule has 4 heteroatoms. The molecule has 2 rings (SSSR count). The molecular weight excluding hydrogens is 212 g/mol. The van der Waals surface area contributed by atoms with Crippen molar-refractivity contribution in [3.63, 3.8) is 0 Å². The quantitative estimate of drug-likeness (QED) is 0.852. The highest BCUT2D eigenvalue weighted by Crippen LogP contribution is 2.23. The first kappa shape index (κ1) is 11.9. The van der Waals surface area contributed by atoms with E-state index in [-0.39, 0.29) is 0 Å². The predicted octanol–water partition coefficient (Wildman–Crippen LogP) is 1.39. The summed E-state index contributed by atoms with van der Waals surface area (Å²) in [5.41, 5.74) is 0.678. The Morgan fingerprint density at radius 3 is 3.29 bits per heavy atom. The molecule has 4 nitrogen and oxygen atoms in total. The number of anilines is 1. The predicted molar refractivity (Wildman–Crippen MR) is 67.8 cm³/mol. The van der Waals surface area contributed by atoms with E-state index in [2.05, 4.69) is 21.3 Å². The van der Waals surface area contributed by atoms with Crippen LogP contribution >= 0.6 is 0 Å². The number of nitriles is 1. The maximum atomic E-state index is 9.09. The number of nitrogens with zero attached hydrogens (tertiary/aromatic N) is 3. The van der Waals surface area contributed by atoms with Crippen LogP contribution < -0.4 is 10.2 Å². The zero-order valence-corrected chi connectivity index (χ0v) is 10.2. The summed E-state index contributed by atoms with van der Waals surface area (Å²) in [6, 6.07) is 5.87. The summed E-state index contributed by atoms with van der Waals surface area (Å²) in [7, 11) is 1.99. The van der Waals surface area contributed by atoms with Gasteiger partial charge in [0.05, 0.1) is 5.56 Å². The second kappa shape index (κ2) is 5.65. The van der Waals surface area contributed by atoms with E-state index in [0.29, 0.717) is 11.5 Å². The summed E-state index contributed by atoms with van der Waals surface area (Å²) < 4.78 is 0. The van der Waals surface area contributed by atoms with Crippen molar-refractivity contribution in [3.05, 3.63) is 23.9 Å². The molecule has 1 aliphatic rings. The SMILES string of the molecule is CNCC1CCCN(c2ncccc2C#N)C1. The average Bonchev–Trinajstić information content (AvgIpc) is 2.39. The molecule has 0 radical (unpaired) electrons. The minimum Gasteiger partial charge on any atom is -0.355 e. The maximum Gasteiger partial charge on any atom is 0.146 e. The van der Waals surface area contributed by atoms with Gasteiger partial charge in [-0.15, -0.1) is 0 Å². The van der Waals surface area contributed by atoms with Crippen molar-refractivity contribution in [2.45, 2.75) is 12.8 Å². The van der Waals surface area contributed by atoms with Gasteiger partial charge in [-0.25, -0.2) is 4.98 Å². The van der Waals surface area contributed by atoms with Crippen molar-refractivity contribution in [2.24, 2.45) is 5.92 Å². The minimum atomic E-state index is 0.655. The molecule has 1 atom stereocenters. The second-order valence-corrected chi connectivity index (χ2v) is 4.50. The highest BCUT2D eigenvalue weighted by atomic mass is 15.2. The molecule has 1 saturated heterocycles.